The van der Waals surface area contributed by atoms with Crippen LogP contribution in [0.25, 0.3) is 0 Å². The molecule has 0 bridgehead atoms. The van der Waals surface area contributed by atoms with Crippen LogP contribution in [-0.2, 0) is 12.4 Å². The first-order valence-corrected chi connectivity index (χ1v) is 13.0. The Morgan fingerprint density at radius 1 is 1.11 bits per heavy atom. The Morgan fingerprint density at radius 3 is 2.24 bits per heavy atom. The largest absolute Gasteiger partial charge is 0.416 e. The Labute approximate surface area is 220 Å². The highest BCUT2D eigenvalue weighted by molar-refractivity contribution is 7.99. The minimum atomic E-state index is -5.00. The smallest absolute Gasteiger partial charge is 0.396 e. The van der Waals surface area contributed by atoms with Crippen LogP contribution in [0.1, 0.15) is 59.7 Å². The number of halogens is 7. The highest BCUT2D eigenvalue weighted by Gasteiger charge is 2.39. The quantitative estimate of drug-likeness (QED) is 0.376. The first-order valence-electron chi connectivity index (χ1n) is 11.9. The number of rotatable bonds is 6. The second kappa shape index (κ2) is 11.7. The average Bonchev–Trinajstić information content (AvgIpc) is 2.84. The summed E-state index contributed by atoms with van der Waals surface area (Å²) in [4.78, 5) is 16.3. The lowest BCUT2D eigenvalue weighted by molar-refractivity contribution is -0.143. The van der Waals surface area contributed by atoms with Crippen molar-refractivity contribution >= 4 is 17.8 Å². The van der Waals surface area contributed by atoms with Crippen LogP contribution in [0.3, 0.4) is 0 Å². The number of aliphatic hydroxyl groups is 1. The fraction of sp³-hybridized carbons (Fsp3) is 0.500. The van der Waals surface area contributed by atoms with E-state index in [1.54, 1.807) is 24.8 Å². The molecular weight excluding hydrogens is 537 g/mol. The Bertz CT molecular complexity index is 1110. The second-order valence-corrected chi connectivity index (χ2v) is 10.8. The minimum absolute atomic E-state index is 0.0127. The molecule has 0 spiro atoms. The Morgan fingerprint density at radius 2 is 1.71 bits per heavy atom. The van der Waals surface area contributed by atoms with E-state index in [1.165, 1.54) is 31.0 Å². The number of urea groups is 1. The average molecular weight is 567 g/mol. The summed E-state index contributed by atoms with van der Waals surface area (Å²) in [7, 11) is 1.34. The summed E-state index contributed by atoms with van der Waals surface area (Å²) >= 11 is 1.55. The zero-order chi connectivity index (χ0) is 28.4. The number of hydrogen-bond acceptors (Lipinski definition) is 3. The van der Waals surface area contributed by atoms with E-state index in [1.807, 2.05) is 0 Å². The summed E-state index contributed by atoms with van der Waals surface area (Å²) in [6, 6.07) is 3.35. The molecule has 0 aliphatic carbocycles. The highest BCUT2D eigenvalue weighted by Crippen LogP contribution is 2.41. The van der Waals surface area contributed by atoms with Crippen molar-refractivity contribution in [2.45, 2.75) is 56.4 Å². The molecule has 1 aliphatic heterocycles. The van der Waals surface area contributed by atoms with Crippen LogP contribution >= 0.6 is 11.8 Å². The molecule has 0 saturated carbocycles. The van der Waals surface area contributed by atoms with Gasteiger partial charge in [-0.05, 0) is 73.7 Å². The number of aryl methyl sites for hydroxylation is 1. The van der Waals surface area contributed by atoms with E-state index in [0.29, 0.717) is 41.9 Å². The van der Waals surface area contributed by atoms with Gasteiger partial charge < -0.3 is 14.9 Å². The van der Waals surface area contributed by atoms with Crippen molar-refractivity contribution in [3.8, 4) is 0 Å². The molecule has 0 unspecified atom stereocenters. The molecular formula is C26H29F7N2O2S. The van der Waals surface area contributed by atoms with Crippen LogP contribution in [0.2, 0.25) is 0 Å². The van der Waals surface area contributed by atoms with Crippen molar-refractivity contribution in [1.29, 1.82) is 0 Å². The van der Waals surface area contributed by atoms with E-state index in [0.717, 1.165) is 4.90 Å². The number of hydrogen-bond donors (Lipinski definition) is 1. The summed E-state index contributed by atoms with van der Waals surface area (Å²) in [6.07, 6.45) is -8.93. The third kappa shape index (κ3) is 6.93. The SMILES string of the molecule is Cc1cc(F)ccc1[C@H]1C[C@@H](SCCO)CCN1C(=O)N(C)[C@H](C)c1cc(C(F)(F)F)cc(C(F)(F)F)c1. The molecule has 0 aromatic heterocycles. The molecule has 4 nitrogen and oxygen atoms in total. The van der Waals surface area contributed by atoms with Crippen molar-refractivity contribution in [2.75, 3.05) is 26.0 Å². The molecule has 0 radical (unpaired) electrons. The van der Waals surface area contributed by atoms with E-state index in [-0.39, 0.29) is 30.0 Å². The predicted octanol–water partition coefficient (Wildman–Crippen LogP) is 7.22. The number of carbonyl (C=O) groups excluding carboxylic acids is 1. The normalized spacial score (nSPS) is 19.4. The van der Waals surface area contributed by atoms with Crippen LogP contribution in [0.4, 0.5) is 35.5 Å². The lowest BCUT2D eigenvalue weighted by atomic mass is 9.92. The fourth-order valence-corrected chi connectivity index (χ4v) is 5.68. The van der Waals surface area contributed by atoms with Gasteiger partial charge >= 0.3 is 18.4 Å². The predicted molar refractivity (Wildman–Crippen MR) is 131 cm³/mol. The molecule has 210 valence electrons. The fourth-order valence-electron chi connectivity index (χ4n) is 4.65. The number of nitrogens with zero attached hydrogens (tertiary/aromatic N) is 2. The zero-order valence-corrected chi connectivity index (χ0v) is 21.9. The van der Waals surface area contributed by atoms with Gasteiger partial charge in [0.2, 0.25) is 0 Å². The van der Waals surface area contributed by atoms with E-state index < -0.39 is 47.4 Å². The van der Waals surface area contributed by atoms with E-state index in [2.05, 4.69) is 0 Å². The summed E-state index contributed by atoms with van der Waals surface area (Å²) in [5.74, 6) is 0.0591. The summed E-state index contributed by atoms with van der Waals surface area (Å²) in [5, 5.41) is 9.30. The monoisotopic (exact) mass is 566 g/mol. The Balaban J connectivity index is 1.95. The number of benzene rings is 2. The minimum Gasteiger partial charge on any atom is -0.396 e. The van der Waals surface area contributed by atoms with Crippen LogP contribution in [0, 0.1) is 12.7 Å². The molecule has 2 aromatic rings. The van der Waals surface area contributed by atoms with Gasteiger partial charge in [0.05, 0.1) is 29.8 Å². The van der Waals surface area contributed by atoms with Gasteiger partial charge in [0, 0.05) is 24.6 Å². The number of thioether (sulfide) groups is 1. The third-order valence-corrected chi connectivity index (χ3v) is 8.13. The molecule has 2 amide bonds. The standard InChI is InChI=1S/C26H29F7N2O2S/c1-15-10-20(27)4-5-22(15)23-14-21(38-9-8-36)6-7-35(23)24(37)34(3)16(2)17-11-18(25(28,29)30)13-19(12-17)26(31,32)33/h4-5,10-13,16,21,23,36H,6-9,14H2,1-3H3/t16-,21+,23-/m1/s1. The number of alkyl halides is 6. The zero-order valence-electron chi connectivity index (χ0n) is 21.0. The first kappa shape index (κ1) is 30.1. The van der Waals surface area contributed by atoms with Gasteiger partial charge in [0.1, 0.15) is 5.82 Å². The molecule has 2 aromatic carbocycles. The van der Waals surface area contributed by atoms with E-state index in [4.69, 9.17) is 0 Å². The van der Waals surface area contributed by atoms with Crippen LogP contribution in [-0.4, -0.2) is 52.1 Å². The van der Waals surface area contributed by atoms with Gasteiger partial charge in [-0.15, -0.1) is 0 Å². The topological polar surface area (TPSA) is 43.8 Å². The van der Waals surface area contributed by atoms with Crippen molar-refractivity contribution in [3.63, 3.8) is 0 Å². The maximum Gasteiger partial charge on any atom is 0.416 e. The number of aliphatic hydroxyl groups excluding tert-OH is 1. The molecule has 1 N–H and O–H groups in total. The molecule has 1 fully saturated rings. The van der Waals surface area contributed by atoms with Gasteiger partial charge in [-0.3, -0.25) is 0 Å². The van der Waals surface area contributed by atoms with E-state index in [9.17, 15) is 40.6 Å². The van der Waals surface area contributed by atoms with Gasteiger partial charge in [0.25, 0.3) is 0 Å². The van der Waals surface area contributed by atoms with Gasteiger partial charge in [-0.2, -0.15) is 38.1 Å². The van der Waals surface area contributed by atoms with Gasteiger partial charge in [-0.25, -0.2) is 9.18 Å². The molecule has 12 heteroatoms. The highest BCUT2D eigenvalue weighted by atomic mass is 32.2. The van der Waals surface area contributed by atoms with Crippen molar-refractivity contribution in [1.82, 2.24) is 9.80 Å². The Kier molecular flexibility index (Phi) is 9.28. The molecule has 1 aliphatic rings. The molecule has 3 atom stereocenters. The maximum atomic E-state index is 13.8. The van der Waals surface area contributed by atoms with Crippen molar-refractivity contribution < 1.29 is 40.6 Å². The molecule has 1 saturated heterocycles. The maximum absolute atomic E-state index is 13.8. The third-order valence-electron chi connectivity index (χ3n) is 6.81. The van der Waals surface area contributed by atoms with Crippen LogP contribution in [0.5, 0.6) is 0 Å². The van der Waals surface area contributed by atoms with E-state index >= 15 is 0 Å². The molecule has 38 heavy (non-hydrogen) atoms. The van der Waals surface area contributed by atoms with Crippen molar-refractivity contribution in [3.05, 3.63) is 70.0 Å². The number of carbonyl (C=O) groups is 1. The second-order valence-electron chi connectivity index (χ2n) is 9.36. The lowest BCUT2D eigenvalue weighted by Gasteiger charge is -2.43. The first-order chi connectivity index (χ1) is 17.6. The number of likely N-dealkylation sites (tertiary alicyclic amines) is 1. The lowest BCUT2D eigenvalue weighted by Crippen LogP contribution is -2.48. The van der Waals surface area contributed by atoms with Crippen LogP contribution < -0.4 is 0 Å². The van der Waals surface area contributed by atoms with Crippen molar-refractivity contribution in [2.24, 2.45) is 0 Å². The Hall–Kier alpha value is -2.47. The summed E-state index contributed by atoms with van der Waals surface area (Å²) in [6.45, 7) is 3.34. The summed E-state index contributed by atoms with van der Waals surface area (Å²) < 4.78 is 94.1. The summed E-state index contributed by atoms with van der Waals surface area (Å²) in [5.41, 5.74) is -1.88. The van der Waals surface area contributed by atoms with Crippen LogP contribution in [0.15, 0.2) is 36.4 Å². The molecule has 3 rings (SSSR count). The van der Waals surface area contributed by atoms with Gasteiger partial charge in [0.15, 0.2) is 0 Å². The number of piperidine rings is 1. The van der Waals surface area contributed by atoms with Gasteiger partial charge in [-0.1, -0.05) is 6.07 Å². The number of amides is 2. The molecule has 1 heterocycles.